The number of ether oxygens (including phenoxy) is 1. The molecule has 1 aromatic carbocycles. The SMILES string of the molecule is COc1ccc(CNC2CCCC2)cc1F. The van der Waals surface area contributed by atoms with Gasteiger partial charge in [-0.25, -0.2) is 4.39 Å². The van der Waals surface area contributed by atoms with Crippen molar-refractivity contribution in [1.82, 2.24) is 5.32 Å². The van der Waals surface area contributed by atoms with Gasteiger partial charge in [0.05, 0.1) is 7.11 Å². The Labute approximate surface area is 95.8 Å². The highest BCUT2D eigenvalue weighted by Crippen LogP contribution is 2.20. The van der Waals surface area contributed by atoms with Crippen LogP contribution < -0.4 is 10.1 Å². The van der Waals surface area contributed by atoms with E-state index >= 15 is 0 Å². The van der Waals surface area contributed by atoms with Crippen molar-refractivity contribution < 1.29 is 9.13 Å². The van der Waals surface area contributed by atoms with Crippen molar-refractivity contribution in [3.8, 4) is 5.75 Å². The molecule has 1 aliphatic rings. The van der Waals surface area contributed by atoms with Gasteiger partial charge >= 0.3 is 0 Å². The van der Waals surface area contributed by atoms with Crippen molar-refractivity contribution in [2.24, 2.45) is 0 Å². The number of halogens is 1. The second-order valence-electron chi connectivity index (χ2n) is 4.33. The van der Waals surface area contributed by atoms with Gasteiger partial charge in [0.15, 0.2) is 11.6 Å². The maximum absolute atomic E-state index is 13.4. The molecule has 88 valence electrons. The second kappa shape index (κ2) is 5.30. The van der Waals surface area contributed by atoms with Crippen molar-refractivity contribution in [3.05, 3.63) is 29.6 Å². The molecule has 3 heteroatoms. The van der Waals surface area contributed by atoms with Crippen LogP contribution >= 0.6 is 0 Å². The third-order valence-electron chi connectivity index (χ3n) is 3.17. The predicted molar refractivity (Wildman–Crippen MR) is 62.0 cm³/mol. The molecule has 0 aromatic heterocycles. The first-order valence-electron chi connectivity index (χ1n) is 5.85. The van der Waals surface area contributed by atoms with Crippen molar-refractivity contribution in [2.45, 2.75) is 38.3 Å². The maximum Gasteiger partial charge on any atom is 0.165 e. The molecular formula is C13H18FNO. The summed E-state index contributed by atoms with van der Waals surface area (Å²) in [5.41, 5.74) is 0.977. The van der Waals surface area contributed by atoms with Crippen molar-refractivity contribution in [2.75, 3.05) is 7.11 Å². The van der Waals surface area contributed by atoms with Crippen molar-refractivity contribution >= 4 is 0 Å². The number of hydrogen-bond acceptors (Lipinski definition) is 2. The van der Waals surface area contributed by atoms with Crippen LogP contribution in [0, 0.1) is 5.82 Å². The highest BCUT2D eigenvalue weighted by molar-refractivity contribution is 5.29. The summed E-state index contributed by atoms with van der Waals surface area (Å²) in [4.78, 5) is 0. The summed E-state index contributed by atoms with van der Waals surface area (Å²) < 4.78 is 18.3. The molecule has 16 heavy (non-hydrogen) atoms. The van der Waals surface area contributed by atoms with E-state index in [2.05, 4.69) is 5.32 Å². The molecule has 1 fully saturated rings. The van der Waals surface area contributed by atoms with Gasteiger partial charge in [-0.3, -0.25) is 0 Å². The van der Waals surface area contributed by atoms with E-state index in [1.165, 1.54) is 32.8 Å². The Hall–Kier alpha value is -1.09. The van der Waals surface area contributed by atoms with Gasteiger partial charge in [-0.05, 0) is 30.5 Å². The summed E-state index contributed by atoms with van der Waals surface area (Å²) in [6.07, 6.45) is 5.13. The molecule has 0 spiro atoms. The van der Waals surface area contributed by atoms with E-state index in [4.69, 9.17) is 4.74 Å². The third-order valence-corrected chi connectivity index (χ3v) is 3.17. The van der Waals surface area contributed by atoms with Crippen LogP contribution in [0.1, 0.15) is 31.2 Å². The average Bonchev–Trinajstić information content (AvgIpc) is 2.79. The van der Waals surface area contributed by atoms with E-state index in [0.29, 0.717) is 11.8 Å². The minimum Gasteiger partial charge on any atom is -0.494 e. The van der Waals surface area contributed by atoms with E-state index in [1.807, 2.05) is 6.07 Å². The Morgan fingerprint density at radius 1 is 1.38 bits per heavy atom. The molecule has 1 saturated carbocycles. The molecule has 0 amide bonds. The third kappa shape index (κ3) is 2.73. The summed E-state index contributed by atoms with van der Waals surface area (Å²) in [7, 11) is 1.48. The van der Waals surface area contributed by atoms with Crippen LogP contribution in [-0.2, 0) is 6.54 Å². The van der Waals surface area contributed by atoms with Gasteiger partial charge in [0, 0.05) is 12.6 Å². The second-order valence-corrected chi connectivity index (χ2v) is 4.33. The van der Waals surface area contributed by atoms with Gasteiger partial charge in [-0.2, -0.15) is 0 Å². The number of methoxy groups -OCH3 is 1. The fourth-order valence-electron chi connectivity index (χ4n) is 2.21. The number of rotatable bonds is 4. The smallest absolute Gasteiger partial charge is 0.165 e. The Morgan fingerprint density at radius 3 is 2.75 bits per heavy atom. The fourth-order valence-corrected chi connectivity index (χ4v) is 2.21. The highest BCUT2D eigenvalue weighted by Gasteiger charge is 2.14. The topological polar surface area (TPSA) is 21.3 Å². The Bertz CT molecular complexity index is 348. The van der Waals surface area contributed by atoms with E-state index in [0.717, 1.165) is 12.1 Å². The van der Waals surface area contributed by atoms with E-state index < -0.39 is 0 Å². The summed E-state index contributed by atoms with van der Waals surface area (Å²) in [6, 6.07) is 5.75. The first-order chi connectivity index (χ1) is 7.79. The Kier molecular flexibility index (Phi) is 3.78. The molecule has 0 unspecified atom stereocenters. The minimum absolute atomic E-state index is 0.284. The molecule has 2 nitrogen and oxygen atoms in total. The van der Waals surface area contributed by atoms with Gasteiger partial charge in [0.25, 0.3) is 0 Å². The van der Waals surface area contributed by atoms with E-state index in [1.54, 1.807) is 12.1 Å². The lowest BCUT2D eigenvalue weighted by atomic mass is 10.2. The van der Waals surface area contributed by atoms with Crippen LogP contribution in [0.2, 0.25) is 0 Å². The van der Waals surface area contributed by atoms with Gasteiger partial charge in [-0.15, -0.1) is 0 Å². The lowest BCUT2D eigenvalue weighted by molar-refractivity contribution is 0.386. The first-order valence-corrected chi connectivity index (χ1v) is 5.85. The molecule has 1 N–H and O–H groups in total. The highest BCUT2D eigenvalue weighted by atomic mass is 19.1. The lowest BCUT2D eigenvalue weighted by Gasteiger charge is -2.12. The maximum atomic E-state index is 13.4. The van der Waals surface area contributed by atoms with E-state index in [9.17, 15) is 4.39 Å². The molecule has 1 aliphatic carbocycles. The molecule has 2 rings (SSSR count). The number of hydrogen-bond donors (Lipinski definition) is 1. The van der Waals surface area contributed by atoms with Crippen LogP contribution in [0.15, 0.2) is 18.2 Å². The zero-order valence-electron chi connectivity index (χ0n) is 9.63. The molecule has 0 bridgehead atoms. The van der Waals surface area contributed by atoms with Crippen LogP contribution in [0.3, 0.4) is 0 Å². The molecule has 0 atom stereocenters. The quantitative estimate of drug-likeness (QED) is 0.847. The molecule has 0 aliphatic heterocycles. The van der Waals surface area contributed by atoms with Crippen LogP contribution in [0.5, 0.6) is 5.75 Å². The van der Waals surface area contributed by atoms with Crippen LogP contribution in [0.25, 0.3) is 0 Å². The monoisotopic (exact) mass is 223 g/mol. The zero-order chi connectivity index (χ0) is 11.4. The molecular weight excluding hydrogens is 205 g/mol. The zero-order valence-corrected chi connectivity index (χ0v) is 9.63. The first kappa shape index (κ1) is 11.4. The van der Waals surface area contributed by atoms with Crippen molar-refractivity contribution in [1.29, 1.82) is 0 Å². The Morgan fingerprint density at radius 2 is 2.12 bits per heavy atom. The van der Waals surface area contributed by atoms with Crippen LogP contribution in [0.4, 0.5) is 4.39 Å². The summed E-state index contributed by atoms with van der Waals surface area (Å²) in [6.45, 7) is 0.742. The molecule has 1 aromatic rings. The fraction of sp³-hybridized carbons (Fsp3) is 0.538. The molecule has 0 saturated heterocycles. The normalized spacial score (nSPS) is 16.6. The summed E-state index contributed by atoms with van der Waals surface area (Å²) in [5.74, 6) is 0.0258. The summed E-state index contributed by atoms with van der Waals surface area (Å²) >= 11 is 0. The van der Waals surface area contributed by atoms with Gasteiger partial charge in [-0.1, -0.05) is 18.9 Å². The Balaban J connectivity index is 1.91. The van der Waals surface area contributed by atoms with E-state index in [-0.39, 0.29) is 5.82 Å². The minimum atomic E-state index is -0.284. The lowest BCUT2D eigenvalue weighted by Crippen LogP contribution is -2.25. The number of benzene rings is 1. The van der Waals surface area contributed by atoms with Gasteiger partial charge < -0.3 is 10.1 Å². The number of nitrogens with one attached hydrogen (secondary N) is 1. The molecule has 0 heterocycles. The van der Waals surface area contributed by atoms with Gasteiger partial charge in [0.1, 0.15) is 0 Å². The predicted octanol–water partition coefficient (Wildman–Crippen LogP) is 2.87. The molecule has 0 radical (unpaired) electrons. The van der Waals surface area contributed by atoms with Gasteiger partial charge in [0.2, 0.25) is 0 Å². The average molecular weight is 223 g/mol. The summed E-state index contributed by atoms with van der Waals surface area (Å²) in [5, 5.41) is 3.46. The van der Waals surface area contributed by atoms with Crippen molar-refractivity contribution in [3.63, 3.8) is 0 Å². The largest absolute Gasteiger partial charge is 0.494 e. The standard InChI is InChI=1S/C13H18FNO/c1-16-13-7-6-10(8-12(13)14)9-15-11-4-2-3-5-11/h6-8,11,15H,2-5,9H2,1H3. The van der Waals surface area contributed by atoms with Crippen LogP contribution in [-0.4, -0.2) is 13.2 Å².